The van der Waals surface area contributed by atoms with Gasteiger partial charge in [0.1, 0.15) is 11.6 Å². The van der Waals surface area contributed by atoms with E-state index in [0.29, 0.717) is 80.2 Å². The van der Waals surface area contributed by atoms with Crippen LogP contribution in [-0.4, -0.2) is 75.7 Å². The van der Waals surface area contributed by atoms with Gasteiger partial charge in [-0.15, -0.1) is 0 Å². The maximum atomic E-state index is 15.4. The molecule has 3 aromatic carbocycles. The predicted octanol–water partition coefficient (Wildman–Crippen LogP) is 4.68. The maximum absolute atomic E-state index is 15.4. The normalized spacial score (nSPS) is 19.9. The van der Waals surface area contributed by atoms with Crippen LogP contribution in [0.15, 0.2) is 60.7 Å². The van der Waals surface area contributed by atoms with E-state index in [-0.39, 0.29) is 18.4 Å². The largest absolute Gasteiger partial charge is 0.493 e. The first-order chi connectivity index (χ1) is 21.2. The summed E-state index contributed by atoms with van der Waals surface area (Å²) in [5.74, 6) is -0.752. The van der Waals surface area contributed by atoms with Crippen molar-refractivity contribution in [3.8, 4) is 17.2 Å². The molecule has 5 rings (SSSR count). The van der Waals surface area contributed by atoms with Gasteiger partial charge in [0.05, 0.1) is 26.7 Å². The lowest BCUT2D eigenvalue weighted by atomic mass is 9.71. The molecule has 2 fully saturated rings. The zero-order valence-electron chi connectivity index (χ0n) is 25.4. The summed E-state index contributed by atoms with van der Waals surface area (Å²) in [5, 5.41) is 0. The first kappa shape index (κ1) is 31.3. The van der Waals surface area contributed by atoms with Gasteiger partial charge in [0.15, 0.2) is 11.5 Å². The zero-order valence-corrected chi connectivity index (χ0v) is 25.4. The average Bonchev–Trinajstić information content (AvgIpc) is 3.48. The first-order valence-electron chi connectivity index (χ1n) is 14.8. The van der Waals surface area contributed by atoms with Crippen LogP contribution in [0.25, 0.3) is 0 Å². The number of nitrogens with zero attached hydrogens (tertiary/aromatic N) is 2. The number of hydrogen-bond donors (Lipinski definition) is 1. The van der Waals surface area contributed by atoms with Crippen molar-refractivity contribution in [1.82, 2.24) is 9.80 Å². The SMILES string of the molecule is COc1cc(C(=O)N2CCC(CCN3CCC(C(N)=O)(c4ccccc4)CC3)(c3ccc(F)cc3F)C2)cc(OC)c1OC. The van der Waals surface area contributed by atoms with Crippen LogP contribution >= 0.6 is 0 Å². The van der Waals surface area contributed by atoms with Gasteiger partial charge >= 0.3 is 0 Å². The highest BCUT2D eigenvalue weighted by Gasteiger charge is 2.45. The number of methoxy groups -OCH3 is 3. The molecule has 0 bridgehead atoms. The van der Waals surface area contributed by atoms with Crippen LogP contribution in [0.5, 0.6) is 17.2 Å². The monoisotopic (exact) mass is 607 g/mol. The van der Waals surface area contributed by atoms with Crippen molar-refractivity contribution in [2.75, 3.05) is 54.1 Å². The van der Waals surface area contributed by atoms with Crippen molar-refractivity contribution in [2.45, 2.75) is 36.5 Å². The van der Waals surface area contributed by atoms with Crippen LogP contribution in [0.4, 0.5) is 8.78 Å². The second-order valence-electron chi connectivity index (χ2n) is 11.7. The van der Waals surface area contributed by atoms with E-state index in [1.54, 1.807) is 17.0 Å². The molecule has 2 amide bonds. The zero-order chi connectivity index (χ0) is 31.5. The molecule has 10 heteroatoms. The van der Waals surface area contributed by atoms with Gasteiger partial charge < -0.3 is 29.7 Å². The van der Waals surface area contributed by atoms with Crippen molar-refractivity contribution < 1.29 is 32.6 Å². The number of carbonyl (C=O) groups excluding carboxylic acids is 2. The Morgan fingerprint density at radius 1 is 0.864 bits per heavy atom. The van der Waals surface area contributed by atoms with Crippen LogP contribution in [0.1, 0.15) is 47.2 Å². The number of halogens is 2. The summed E-state index contributed by atoms with van der Waals surface area (Å²) in [6.45, 7) is 2.56. The Kier molecular flexibility index (Phi) is 9.10. The van der Waals surface area contributed by atoms with E-state index in [4.69, 9.17) is 19.9 Å². The van der Waals surface area contributed by atoms with Crippen LogP contribution < -0.4 is 19.9 Å². The first-order valence-corrected chi connectivity index (χ1v) is 14.8. The molecular formula is C34H39F2N3O5. The van der Waals surface area contributed by atoms with Gasteiger partial charge in [0.25, 0.3) is 5.91 Å². The summed E-state index contributed by atoms with van der Waals surface area (Å²) in [6.07, 6.45) is 2.21. The second kappa shape index (κ2) is 12.8. The van der Waals surface area contributed by atoms with Gasteiger partial charge in [-0.25, -0.2) is 8.78 Å². The summed E-state index contributed by atoms with van der Waals surface area (Å²) in [6, 6.07) is 16.5. The van der Waals surface area contributed by atoms with Gasteiger partial charge in [0, 0.05) is 30.1 Å². The van der Waals surface area contributed by atoms with Crippen molar-refractivity contribution in [3.05, 3.63) is 89.0 Å². The number of primary amides is 1. The molecule has 0 spiro atoms. The molecule has 0 radical (unpaired) electrons. The Morgan fingerprint density at radius 2 is 1.52 bits per heavy atom. The van der Waals surface area contributed by atoms with E-state index in [2.05, 4.69) is 4.90 Å². The number of carbonyl (C=O) groups is 2. The highest BCUT2D eigenvalue weighted by Crippen LogP contribution is 2.43. The minimum absolute atomic E-state index is 0.249. The smallest absolute Gasteiger partial charge is 0.254 e. The van der Waals surface area contributed by atoms with Crippen molar-refractivity contribution >= 4 is 11.8 Å². The molecular weight excluding hydrogens is 568 g/mol. The number of hydrogen-bond acceptors (Lipinski definition) is 6. The Hall–Kier alpha value is -4.18. The highest BCUT2D eigenvalue weighted by atomic mass is 19.1. The highest BCUT2D eigenvalue weighted by molar-refractivity contribution is 5.96. The van der Waals surface area contributed by atoms with Crippen molar-refractivity contribution in [1.29, 1.82) is 0 Å². The van der Waals surface area contributed by atoms with Crippen molar-refractivity contribution in [3.63, 3.8) is 0 Å². The molecule has 2 aliphatic rings. The number of ether oxygens (including phenoxy) is 3. The number of piperidine rings is 1. The average molecular weight is 608 g/mol. The van der Waals surface area contributed by atoms with E-state index in [1.165, 1.54) is 33.5 Å². The number of nitrogens with two attached hydrogens (primary N) is 1. The summed E-state index contributed by atoms with van der Waals surface area (Å²) in [4.78, 5) is 30.4. The number of amides is 2. The Morgan fingerprint density at radius 3 is 2.09 bits per heavy atom. The molecule has 1 atom stereocenters. The van der Waals surface area contributed by atoms with Crippen LogP contribution in [0, 0.1) is 11.6 Å². The Balaban J connectivity index is 1.37. The summed E-state index contributed by atoms with van der Waals surface area (Å²) in [7, 11) is 4.46. The molecule has 0 aliphatic carbocycles. The predicted molar refractivity (Wildman–Crippen MR) is 162 cm³/mol. The third-order valence-corrected chi connectivity index (χ3v) is 9.47. The minimum Gasteiger partial charge on any atom is -0.493 e. The quantitative estimate of drug-likeness (QED) is 0.360. The molecule has 0 aromatic heterocycles. The van der Waals surface area contributed by atoms with E-state index in [0.717, 1.165) is 11.6 Å². The third kappa shape index (κ3) is 5.83. The molecule has 1 unspecified atom stereocenters. The minimum atomic E-state index is -0.730. The lowest BCUT2D eigenvalue weighted by Crippen LogP contribution is -2.50. The molecule has 2 saturated heterocycles. The third-order valence-electron chi connectivity index (χ3n) is 9.47. The van der Waals surface area contributed by atoms with Gasteiger partial charge in [-0.2, -0.15) is 0 Å². The van der Waals surface area contributed by atoms with E-state index < -0.39 is 22.5 Å². The van der Waals surface area contributed by atoms with Crippen LogP contribution in [0.2, 0.25) is 0 Å². The Labute approximate surface area is 256 Å². The van der Waals surface area contributed by atoms with E-state index >= 15 is 4.39 Å². The van der Waals surface area contributed by atoms with Gasteiger partial charge in [-0.1, -0.05) is 36.4 Å². The molecule has 44 heavy (non-hydrogen) atoms. The molecule has 2 heterocycles. The van der Waals surface area contributed by atoms with Crippen molar-refractivity contribution in [2.24, 2.45) is 5.73 Å². The topological polar surface area (TPSA) is 94.3 Å². The fourth-order valence-corrected chi connectivity index (χ4v) is 6.88. The molecule has 8 nitrogen and oxygen atoms in total. The second-order valence-corrected chi connectivity index (χ2v) is 11.7. The summed E-state index contributed by atoms with van der Waals surface area (Å²) >= 11 is 0. The van der Waals surface area contributed by atoms with Gasteiger partial charge in [0.2, 0.25) is 11.7 Å². The maximum Gasteiger partial charge on any atom is 0.254 e. The number of likely N-dealkylation sites (tertiary alicyclic amines) is 2. The standard InChI is InChI=1S/C34H39F2N3O5/c1-42-28-19-23(20-29(43-2)30(28)44-3)31(40)39-18-12-33(22-39,26-10-9-25(35)21-27(26)36)11-15-38-16-13-34(14-17-38,32(37)41)24-7-5-4-6-8-24/h4-10,19-21H,11-18,22H2,1-3H3,(H2,37,41). The van der Waals surface area contributed by atoms with Crippen LogP contribution in [-0.2, 0) is 15.6 Å². The lowest BCUT2D eigenvalue weighted by molar-refractivity contribution is -0.125. The number of rotatable bonds is 10. The molecule has 234 valence electrons. The lowest BCUT2D eigenvalue weighted by Gasteiger charge is -2.41. The van der Waals surface area contributed by atoms with E-state index in [9.17, 15) is 14.0 Å². The molecule has 3 aromatic rings. The molecule has 0 saturated carbocycles. The van der Waals surface area contributed by atoms with Gasteiger partial charge in [-0.05, 0) is 74.6 Å². The summed E-state index contributed by atoms with van der Waals surface area (Å²) in [5.41, 5.74) is 6.15. The number of benzene rings is 3. The van der Waals surface area contributed by atoms with Gasteiger partial charge in [-0.3, -0.25) is 9.59 Å². The molecule has 2 N–H and O–H groups in total. The fourth-order valence-electron chi connectivity index (χ4n) is 6.88. The van der Waals surface area contributed by atoms with E-state index in [1.807, 2.05) is 30.3 Å². The fraction of sp³-hybridized carbons (Fsp3) is 0.412. The summed E-state index contributed by atoms with van der Waals surface area (Å²) < 4.78 is 45.6. The Bertz CT molecular complexity index is 1480. The van der Waals surface area contributed by atoms with Crippen LogP contribution in [0.3, 0.4) is 0 Å². The molecule has 2 aliphatic heterocycles.